The van der Waals surface area contributed by atoms with Gasteiger partial charge < -0.3 is 4.48 Å². The van der Waals surface area contributed by atoms with Gasteiger partial charge >= 0.3 is 0 Å². The van der Waals surface area contributed by atoms with Crippen molar-refractivity contribution in [2.45, 2.75) is 219 Å². The highest BCUT2D eigenvalue weighted by molar-refractivity contribution is 5.59. The minimum absolute atomic E-state index is 0.0777. The lowest BCUT2D eigenvalue weighted by Gasteiger charge is -2.39. The molecule has 0 aromatic carbocycles. The Morgan fingerprint density at radius 2 is 0.622 bits per heavy atom. The Bertz CT molecular complexity index is 626. The molecule has 0 heterocycles. The van der Waals surface area contributed by atoms with Gasteiger partial charge in [0.1, 0.15) is 12.1 Å². The van der Waals surface area contributed by atoms with Crippen molar-refractivity contribution in [3.8, 4) is 0 Å². The highest BCUT2D eigenvalue weighted by atomic mass is 16.1. The standard InChI is InChI=1S/C42H80NO2/c1-5-7-9-11-13-15-17-19-21-23-25-27-29-31-33-35-37-41(39-44)43(3,4)42(40-45)38-36-34-32-30-28-26-24-22-20-18-16-14-12-10-8-6-2/h19-22,39-42H,5-18,23-38H2,1-4H3/q+1/b21-19-,22-20-. The minimum Gasteiger partial charge on any atom is -0.312 e. The average molecular weight is 631 g/mol. The van der Waals surface area contributed by atoms with E-state index in [9.17, 15) is 9.59 Å². The van der Waals surface area contributed by atoms with Crippen molar-refractivity contribution in [2.75, 3.05) is 14.1 Å². The number of carbonyl (C=O) groups excluding carboxylic acids is 2. The first-order valence-corrected chi connectivity index (χ1v) is 20.1. The van der Waals surface area contributed by atoms with E-state index in [0.29, 0.717) is 4.48 Å². The van der Waals surface area contributed by atoms with Gasteiger partial charge in [-0.25, -0.2) is 0 Å². The van der Waals surface area contributed by atoms with E-state index in [2.05, 4.69) is 52.2 Å². The summed E-state index contributed by atoms with van der Waals surface area (Å²) in [4.78, 5) is 24.1. The Labute approximate surface area is 283 Å². The summed E-state index contributed by atoms with van der Waals surface area (Å²) in [7, 11) is 4.19. The van der Waals surface area contributed by atoms with Gasteiger partial charge in [0.25, 0.3) is 0 Å². The lowest BCUT2D eigenvalue weighted by molar-refractivity contribution is -0.919. The molecule has 0 spiro atoms. The van der Waals surface area contributed by atoms with Crippen LogP contribution in [0.3, 0.4) is 0 Å². The summed E-state index contributed by atoms with van der Waals surface area (Å²) < 4.78 is 0.517. The summed E-state index contributed by atoms with van der Waals surface area (Å²) in [5, 5.41) is 0. The second kappa shape index (κ2) is 34.1. The molecule has 0 fully saturated rings. The molecular formula is C42H80NO2+. The predicted octanol–water partition coefficient (Wildman–Crippen LogP) is 13.1. The molecule has 0 amide bonds. The van der Waals surface area contributed by atoms with Crippen LogP contribution in [0, 0.1) is 0 Å². The minimum atomic E-state index is -0.0777. The molecule has 3 heteroatoms. The van der Waals surface area contributed by atoms with Crippen LogP contribution in [0.25, 0.3) is 0 Å². The second-order valence-electron chi connectivity index (χ2n) is 14.5. The Kier molecular flexibility index (Phi) is 33.2. The third-order valence-corrected chi connectivity index (χ3v) is 10.0. The quantitative estimate of drug-likeness (QED) is 0.0299. The topological polar surface area (TPSA) is 34.1 Å². The van der Waals surface area contributed by atoms with Crippen molar-refractivity contribution in [1.29, 1.82) is 0 Å². The second-order valence-corrected chi connectivity index (χ2v) is 14.5. The first-order chi connectivity index (χ1) is 22.0. The van der Waals surface area contributed by atoms with E-state index < -0.39 is 0 Å². The maximum Gasteiger partial charge on any atom is 0.177 e. The van der Waals surface area contributed by atoms with Crippen LogP contribution in [0.1, 0.15) is 206 Å². The summed E-state index contributed by atoms with van der Waals surface area (Å²) >= 11 is 0. The van der Waals surface area contributed by atoms with Crippen molar-refractivity contribution < 1.29 is 14.1 Å². The average Bonchev–Trinajstić information content (AvgIpc) is 3.03. The van der Waals surface area contributed by atoms with Crippen molar-refractivity contribution in [3.05, 3.63) is 24.3 Å². The van der Waals surface area contributed by atoms with E-state index in [-0.39, 0.29) is 12.1 Å². The molecule has 0 saturated carbocycles. The first kappa shape index (κ1) is 43.8. The number of unbranched alkanes of at least 4 members (excludes halogenated alkanes) is 24. The molecular weight excluding hydrogens is 550 g/mol. The number of carbonyl (C=O) groups is 2. The lowest BCUT2D eigenvalue weighted by Crippen LogP contribution is -2.57. The van der Waals surface area contributed by atoms with E-state index in [4.69, 9.17) is 0 Å². The molecule has 0 aliphatic rings. The van der Waals surface area contributed by atoms with Gasteiger partial charge in [-0.2, -0.15) is 0 Å². The van der Waals surface area contributed by atoms with E-state index in [1.807, 2.05) is 0 Å². The molecule has 0 rings (SSSR count). The van der Waals surface area contributed by atoms with Gasteiger partial charge in [0, 0.05) is 12.8 Å². The SMILES string of the molecule is CCCCCCCC/C=C\CCCCCCCCC(C=O)[N+](C)(C)C(C=O)CCCCCCCC/C=C\CCCCCCCC. The molecule has 0 aromatic rings. The van der Waals surface area contributed by atoms with Gasteiger partial charge in [0.05, 0.1) is 14.1 Å². The van der Waals surface area contributed by atoms with Crippen LogP contribution in [0.4, 0.5) is 0 Å². The van der Waals surface area contributed by atoms with E-state index in [0.717, 1.165) is 38.3 Å². The molecule has 2 unspecified atom stereocenters. The van der Waals surface area contributed by atoms with Crippen LogP contribution >= 0.6 is 0 Å². The Hall–Kier alpha value is -1.22. The Morgan fingerprint density at radius 1 is 0.378 bits per heavy atom. The highest BCUT2D eigenvalue weighted by Gasteiger charge is 2.35. The molecule has 0 aliphatic heterocycles. The van der Waals surface area contributed by atoms with Gasteiger partial charge in [-0.1, -0.05) is 154 Å². The molecule has 0 N–H and O–H groups in total. The summed E-state index contributed by atoms with van der Waals surface area (Å²) in [6.07, 6.45) is 50.0. The van der Waals surface area contributed by atoms with Crippen LogP contribution < -0.4 is 0 Å². The zero-order valence-corrected chi connectivity index (χ0v) is 31.1. The fourth-order valence-corrected chi connectivity index (χ4v) is 6.56. The van der Waals surface area contributed by atoms with E-state index in [1.54, 1.807) is 0 Å². The van der Waals surface area contributed by atoms with Crippen LogP contribution in [-0.2, 0) is 9.59 Å². The van der Waals surface area contributed by atoms with Crippen LogP contribution in [-0.4, -0.2) is 43.2 Å². The fourth-order valence-electron chi connectivity index (χ4n) is 6.56. The van der Waals surface area contributed by atoms with Gasteiger partial charge in [-0.05, 0) is 64.2 Å². The van der Waals surface area contributed by atoms with Crippen molar-refractivity contribution in [2.24, 2.45) is 0 Å². The lowest BCUT2D eigenvalue weighted by atomic mass is 9.99. The van der Waals surface area contributed by atoms with Gasteiger partial charge in [-0.3, -0.25) is 9.59 Å². The number of hydrogen-bond acceptors (Lipinski definition) is 2. The summed E-state index contributed by atoms with van der Waals surface area (Å²) in [6.45, 7) is 4.55. The molecule has 0 aromatic heterocycles. The monoisotopic (exact) mass is 631 g/mol. The highest BCUT2D eigenvalue weighted by Crippen LogP contribution is 2.22. The van der Waals surface area contributed by atoms with Crippen molar-refractivity contribution >= 4 is 12.6 Å². The maximum atomic E-state index is 12.0. The molecule has 3 nitrogen and oxygen atoms in total. The molecule has 0 radical (unpaired) electrons. The number of likely N-dealkylation sites (N-methyl/N-ethyl adjacent to an activating group) is 1. The molecule has 0 bridgehead atoms. The summed E-state index contributed by atoms with van der Waals surface area (Å²) in [6, 6.07) is -0.155. The van der Waals surface area contributed by atoms with Crippen LogP contribution in [0.5, 0.6) is 0 Å². The first-order valence-electron chi connectivity index (χ1n) is 20.1. The Morgan fingerprint density at radius 3 is 0.889 bits per heavy atom. The Balaban J connectivity index is 3.86. The third kappa shape index (κ3) is 27.6. The van der Waals surface area contributed by atoms with Gasteiger partial charge in [0.15, 0.2) is 12.6 Å². The van der Waals surface area contributed by atoms with Gasteiger partial charge in [-0.15, -0.1) is 0 Å². The molecule has 2 atom stereocenters. The number of aldehydes is 2. The number of hydrogen-bond donors (Lipinski definition) is 0. The smallest absolute Gasteiger partial charge is 0.177 e. The van der Waals surface area contributed by atoms with Crippen molar-refractivity contribution in [1.82, 2.24) is 0 Å². The fraction of sp³-hybridized carbons (Fsp3) is 0.857. The number of allylic oxidation sites excluding steroid dienone is 4. The van der Waals surface area contributed by atoms with E-state index in [1.165, 1.54) is 167 Å². The molecule has 0 aliphatic carbocycles. The predicted molar refractivity (Wildman–Crippen MR) is 200 cm³/mol. The van der Waals surface area contributed by atoms with Gasteiger partial charge in [0.2, 0.25) is 0 Å². The number of rotatable bonds is 36. The number of quaternary nitrogens is 1. The van der Waals surface area contributed by atoms with E-state index >= 15 is 0 Å². The summed E-state index contributed by atoms with van der Waals surface area (Å²) in [5.41, 5.74) is 0. The van der Waals surface area contributed by atoms with Crippen LogP contribution in [0.2, 0.25) is 0 Å². The molecule has 45 heavy (non-hydrogen) atoms. The summed E-state index contributed by atoms with van der Waals surface area (Å²) in [5.74, 6) is 0. The third-order valence-electron chi connectivity index (χ3n) is 10.0. The maximum absolute atomic E-state index is 12.0. The zero-order chi connectivity index (χ0) is 33.1. The normalized spacial score (nSPS) is 13.6. The zero-order valence-electron chi connectivity index (χ0n) is 31.1. The molecule has 0 saturated heterocycles. The largest absolute Gasteiger partial charge is 0.312 e. The number of nitrogens with zero attached hydrogens (tertiary/aromatic N) is 1. The van der Waals surface area contributed by atoms with Crippen molar-refractivity contribution in [3.63, 3.8) is 0 Å². The molecule has 264 valence electrons. The van der Waals surface area contributed by atoms with Crippen LogP contribution in [0.15, 0.2) is 24.3 Å².